The van der Waals surface area contributed by atoms with Gasteiger partial charge in [0.25, 0.3) is 17.7 Å². The van der Waals surface area contributed by atoms with Crippen molar-refractivity contribution in [2.45, 2.75) is 145 Å². The summed E-state index contributed by atoms with van der Waals surface area (Å²) >= 11 is 0. The standard InChI is InChI=1S/C67H80N6O30/c1-30-18-39-58(83)72(65(90)97-27-31-10-12-41(35(19-31)55(80)69-14-17-99-68)100-63-51(78)47(74)49(76)53(102-63)60(85)86)37-23-45(43(92-4)21-33(37)56(81)70(39)26-30)95-15-8-7-9-16-96-46-24-38-34(22-44(46)93-5)57(82)71-29-67(2,3)25-40(71)59(84)73(38)66(91)98-28-32-11-13-42(36(20-32)62(89)94-6)101-64-52(79)48(75)50(77)54(103-64)61(87)88/h10-13,19-24,39-40,47-54,58-59,63-64,74-79,83-84H,1,7-9,14-18,25-29,68H2,2-6H3,(H,69,80)(H,85,86)(H,87,88)/t39-,40-,47-,48-,49-,50-,51+,52+,53-,54-,58?,59?,63+,64+/m0/s1. The van der Waals surface area contributed by atoms with Gasteiger partial charge in [0.15, 0.2) is 47.7 Å². The quantitative estimate of drug-likeness (QED) is 0.0139. The lowest BCUT2D eigenvalue weighted by Crippen LogP contribution is -2.61. The van der Waals surface area contributed by atoms with Crippen molar-refractivity contribution in [3.8, 4) is 34.5 Å². The molecule has 103 heavy (non-hydrogen) atoms. The third kappa shape index (κ3) is 15.9. The van der Waals surface area contributed by atoms with Crippen molar-refractivity contribution in [2.75, 3.05) is 70.6 Å². The SMILES string of the molecule is C=C1C[C@H]2C(O)N(C(=O)OCc3ccc(O[C@@H]4O[C@H](C(=O)O)[C@@H](O)[C@H](O)[C@H]4O)c(C(=O)NCCON)c3)c3cc(OCCCCCOc4cc5c(cc4OC)C(=O)N4CC(C)(C)C[C@H]4C(O)N5C(=O)OCc4ccc(O[C@@H]5O[C@H](C(=O)O)[C@@H](O)[C@H](O)[C@H]5O)c(C(=O)OC)c4)c(OC)cc3C(=O)N2C1. The molecule has 4 saturated heterocycles. The number of rotatable bonds is 25. The molecule has 2 unspecified atom stereocenters. The van der Waals surface area contributed by atoms with Crippen molar-refractivity contribution >= 4 is 59.2 Å². The number of hydrogen-bond donors (Lipinski definition) is 12. The van der Waals surface area contributed by atoms with E-state index in [9.17, 15) is 89.4 Å². The molecule has 4 aromatic carbocycles. The fraction of sp³-hybridized carbons (Fsp3) is 0.493. The van der Waals surface area contributed by atoms with Gasteiger partial charge in [0, 0.05) is 31.8 Å². The summed E-state index contributed by atoms with van der Waals surface area (Å²) in [5, 5.41) is 108. The maximum atomic E-state index is 14.5. The van der Waals surface area contributed by atoms with E-state index in [0.29, 0.717) is 24.8 Å². The molecule has 13 N–H and O–H groups in total. The summed E-state index contributed by atoms with van der Waals surface area (Å²) in [6.45, 7) is 6.72. The van der Waals surface area contributed by atoms with Gasteiger partial charge in [0.2, 0.25) is 12.6 Å². The van der Waals surface area contributed by atoms with E-state index in [1.807, 2.05) is 13.8 Å². The molecular weight excluding hydrogens is 1370 g/mol. The van der Waals surface area contributed by atoms with Crippen LogP contribution in [0, 0.1) is 5.41 Å². The number of carbonyl (C=O) groups is 8. The average Bonchev–Trinajstić information content (AvgIpc) is 1.60. The van der Waals surface area contributed by atoms with E-state index in [0.717, 1.165) is 16.9 Å². The van der Waals surface area contributed by atoms with Crippen LogP contribution >= 0.6 is 0 Å². The van der Waals surface area contributed by atoms with Gasteiger partial charge in [-0.05, 0) is 85.0 Å². The summed E-state index contributed by atoms with van der Waals surface area (Å²) in [7, 11) is 3.74. The first-order valence-electron chi connectivity index (χ1n) is 32.4. The molecule has 0 aromatic heterocycles. The number of ether oxygens (including phenoxy) is 11. The molecule has 6 heterocycles. The Hall–Kier alpha value is -9.70. The number of benzene rings is 4. The first-order chi connectivity index (χ1) is 49.0. The molecule has 10 rings (SSSR count). The number of hydrogen-bond acceptors (Lipinski definition) is 29. The van der Waals surface area contributed by atoms with E-state index in [2.05, 4.69) is 16.7 Å². The molecule has 0 aliphatic carbocycles. The second kappa shape index (κ2) is 31.9. The number of aliphatic hydroxyl groups is 8. The van der Waals surface area contributed by atoms with Gasteiger partial charge in [0.1, 0.15) is 66.9 Å². The second-order valence-corrected chi connectivity index (χ2v) is 25.8. The molecule has 0 bridgehead atoms. The molecule has 0 radical (unpaired) electrons. The van der Waals surface area contributed by atoms with Crippen molar-refractivity contribution in [3.63, 3.8) is 0 Å². The van der Waals surface area contributed by atoms with E-state index in [-0.39, 0.29) is 132 Å². The molecular formula is C67H80N6O30. The van der Waals surface area contributed by atoms with E-state index in [1.165, 1.54) is 84.7 Å². The Balaban J connectivity index is 0.823. The highest BCUT2D eigenvalue weighted by Gasteiger charge is 2.53. The van der Waals surface area contributed by atoms with Gasteiger partial charge in [-0.15, -0.1) is 0 Å². The minimum atomic E-state index is -2.04. The van der Waals surface area contributed by atoms with Crippen LogP contribution < -0.4 is 49.4 Å². The fourth-order valence-corrected chi connectivity index (χ4v) is 12.9. The number of nitrogens with zero attached hydrogens (tertiary/aromatic N) is 4. The summed E-state index contributed by atoms with van der Waals surface area (Å²) < 4.78 is 62.2. The number of aliphatic hydroxyl groups excluding tert-OH is 8. The van der Waals surface area contributed by atoms with Gasteiger partial charge in [-0.1, -0.05) is 38.1 Å². The minimum Gasteiger partial charge on any atom is -0.493 e. The molecule has 6 aliphatic rings. The van der Waals surface area contributed by atoms with E-state index in [1.54, 1.807) is 0 Å². The van der Waals surface area contributed by atoms with Crippen molar-refractivity contribution in [1.29, 1.82) is 0 Å². The third-order valence-electron chi connectivity index (χ3n) is 18.1. The fourth-order valence-electron chi connectivity index (χ4n) is 12.9. The van der Waals surface area contributed by atoms with Crippen LogP contribution in [0.1, 0.15) is 98.5 Å². The summed E-state index contributed by atoms with van der Waals surface area (Å²) in [5.74, 6) is -1.46. The summed E-state index contributed by atoms with van der Waals surface area (Å²) in [4.78, 5) is 117. The van der Waals surface area contributed by atoms with Crippen LogP contribution in [0.3, 0.4) is 0 Å². The molecule has 5 amide bonds. The number of fused-ring (bicyclic) bond motifs is 4. The number of carbonyl (C=O) groups excluding carboxylic acids is 6. The Morgan fingerprint density at radius 2 is 1.07 bits per heavy atom. The second-order valence-electron chi connectivity index (χ2n) is 25.8. The normalized spacial score (nSPS) is 26.3. The van der Waals surface area contributed by atoms with Crippen molar-refractivity contribution in [3.05, 3.63) is 106 Å². The number of nitrogens with two attached hydrogens (primary N) is 1. The highest BCUT2D eigenvalue weighted by atomic mass is 16.7. The van der Waals surface area contributed by atoms with Crippen LogP contribution in [-0.4, -0.2) is 255 Å². The number of carboxylic acid groups (broad SMARTS) is 2. The molecule has 14 atom stereocenters. The van der Waals surface area contributed by atoms with E-state index < -0.39 is 152 Å². The molecule has 0 saturated carbocycles. The Labute approximate surface area is 586 Å². The van der Waals surface area contributed by atoms with Crippen molar-refractivity contribution < 1.29 is 146 Å². The number of anilines is 2. The Morgan fingerprint density at radius 3 is 1.54 bits per heavy atom. The summed E-state index contributed by atoms with van der Waals surface area (Å²) in [6, 6.07) is 11.1. The zero-order valence-corrected chi connectivity index (χ0v) is 56.3. The smallest absolute Gasteiger partial charge is 0.416 e. The monoisotopic (exact) mass is 1450 g/mol. The van der Waals surface area contributed by atoms with Crippen LogP contribution in [0.15, 0.2) is 72.8 Å². The van der Waals surface area contributed by atoms with Gasteiger partial charge in [-0.2, -0.15) is 0 Å². The lowest BCUT2D eigenvalue weighted by Gasteiger charge is -2.38. The molecule has 36 nitrogen and oxygen atoms in total. The maximum absolute atomic E-state index is 14.5. The van der Waals surface area contributed by atoms with Crippen LogP contribution in [0.4, 0.5) is 21.0 Å². The predicted molar refractivity (Wildman–Crippen MR) is 347 cm³/mol. The number of amides is 5. The Morgan fingerprint density at radius 1 is 0.592 bits per heavy atom. The van der Waals surface area contributed by atoms with Crippen molar-refractivity contribution in [2.24, 2.45) is 11.3 Å². The topological polar surface area (TPSA) is 501 Å². The molecule has 0 spiro atoms. The molecule has 36 heteroatoms. The highest BCUT2D eigenvalue weighted by Crippen LogP contribution is 2.46. The van der Waals surface area contributed by atoms with E-state index in [4.69, 9.17) is 58.0 Å². The number of methoxy groups -OCH3 is 3. The van der Waals surface area contributed by atoms with Gasteiger partial charge < -0.3 is 123 Å². The summed E-state index contributed by atoms with van der Waals surface area (Å²) in [6.07, 6.45) is -24.1. The van der Waals surface area contributed by atoms with Crippen LogP contribution in [0.5, 0.6) is 34.5 Å². The highest BCUT2D eigenvalue weighted by molar-refractivity contribution is 6.07. The summed E-state index contributed by atoms with van der Waals surface area (Å²) in [5.41, 5.74) is -0.538. The van der Waals surface area contributed by atoms with Crippen molar-refractivity contribution in [1.82, 2.24) is 15.1 Å². The number of nitrogens with one attached hydrogen (secondary N) is 1. The van der Waals surface area contributed by atoms with Crippen LogP contribution in [0.2, 0.25) is 0 Å². The molecule has 4 aromatic rings. The Bertz CT molecular complexity index is 3890. The largest absolute Gasteiger partial charge is 0.493 e. The maximum Gasteiger partial charge on any atom is 0.416 e. The van der Waals surface area contributed by atoms with Gasteiger partial charge >= 0.3 is 30.1 Å². The van der Waals surface area contributed by atoms with Crippen LogP contribution in [0.25, 0.3) is 0 Å². The zero-order chi connectivity index (χ0) is 74.6. The number of unbranched alkanes of at least 4 members (excludes halogenated alkanes) is 2. The predicted octanol–water partition coefficient (Wildman–Crippen LogP) is 0.242. The average molecular weight is 1450 g/mol. The number of carboxylic acids is 2. The lowest BCUT2D eigenvalue weighted by molar-refractivity contribution is -0.271. The van der Waals surface area contributed by atoms with Crippen LogP contribution in [-0.2, 0) is 51.3 Å². The first-order valence-corrected chi connectivity index (χ1v) is 32.4. The number of aliphatic carboxylic acids is 2. The minimum absolute atomic E-state index is 0.0228. The molecule has 558 valence electrons. The number of esters is 1. The Kier molecular flexibility index (Phi) is 23.5. The first kappa shape index (κ1) is 76.0. The third-order valence-corrected chi connectivity index (χ3v) is 18.1. The van der Waals surface area contributed by atoms with Gasteiger partial charge in [-0.25, -0.2) is 39.7 Å². The lowest BCUT2D eigenvalue weighted by atomic mass is 9.90. The van der Waals surface area contributed by atoms with Gasteiger partial charge in [-0.3, -0.25) is 14.4 Å². The molecule has 6 aliphatic heterocycles. The van der Waals surface area contributed by atoms with E-state index >= 15 is 0 Å². The van der Waals surface area contributed by atoms with Gasteiger partial charge in [0.05, 0.1) is 81.3 Å². The molecule has 4 fully saturated rings. The zero-order valence-electron chi connectivity index (χ0n) is 56.3.